The Morgan fingerprint density at radius 3 is 2.48 bits per heavy atom. The van der Waals surface area contributed by atoms with Gasteiger partial charge in [0.05, 0.1) is 4.90 Å². The van der Waals surface area contributed by atoms with Crippen LogP contribution in [0, 0.1) is 6.92 Å². The number of nitrogens with zero attached hydrogens (tertiary/aromatic N) is 1. The van der Waals surface area contributed by atoms with E-state index in [4.69, 9.17) is 11.6 Å². The molecule has 1 saturated carbocycles. The molecule has 0 unspecified atom stereocenters. The number of alkyl halides is 1. The zero-order valence-corrected chi connectivity index (χ0v) is 15.6. The normalized spacial score (nSPS) is 17.4. The molecule has 0 radical (unpaired) electrons. The summed E-state index contributed by atoms with van der Waals surface area (Å²) in [5.74, 6) is 0.309. The van der Waals surface area contributed by atoms with Crippen LogP contribution in [0.25, 0.3) is 0 Å². The summed E-state index contributed by atoms with van der Waals surface area (Å²) in [5, 5.41) is 0. The SMILES string of the molecule is Cc1cc(CCl)cc(S(=O)(=O)N(C)C2CCCCC2)c1Br. The second-order valence-corrected chi connectivity index (χ2v) is 8.70. The third-order valence-electron chi connectivity index (χ3n) is 4.18. The minimum atomic E-state index is -3.50. The fourth-order valence-corrected chi connectivity index (χ4v) is 5.47. The van der Waals surface area contributed by atoms with Gasteiger partial charge in [0, 0.05) is 23.4 Å². The van der Waals surface area contributed by atoms with E-state index in [-0.39, 0.29) is 6.04 Å². The fourth-order valence-electron chi connectivity index (χ4n) is 2.87. The Balaban J connectivity index is 2.40. The van der Waals surface area contributed by atoms with Gasteiger partial charge in [0.1, 0.15) is 0 Å². The third kappa shape index (κ3) is 3.63. The van der Waals surface area contributed by atoms with Gasteiger partial charge in [0.2, 0.25) is 10.0 Å². The molecule has 1 aliphatic rings. The van der Waals surface area contributed by atoms with Crippen LogP contribution in [0.4, 0.5) is 0 Å². The van der Waals surface area contributed by atoms with Crippen LogP contribution in [-0.2, 0) is 15.9 Å². The number of sulfonamides is 1. The predicted molar refractivity (Wildman–Crippen MR) is 90.3 cm³/mol. The molecule has 6 heteroatoms. The van der Waals surface area contributed by atoms with E-state index in [2.05, 4.69) is 15.9 Å². The zero-order chi connectivity index (χ0) is 15.6. The Labute approximate surface area is 140 Å². The van der Waals surface area contributed by atoms with Gasteiger partial charge in [-0.25, -0.2) is 8.42 Å². The molecule has 118 valence electrons. The van der Waals surface area contributed by atoms with Crippen molar-refractivity contribution in [3.05, 3.63) is 27.7 Å². The first-order chi connectivity index (χ1) is 9.87. The average molecular weight is 395 g/mol. The highest BCUT2D eigenvalue weighted by Crippen LogP contribution is 2.32. The van der Waals surface area contributed by atoms with E-state index < -0.39 is 10.0 Å². The van der Waals surface area contributed by atoms with Gasteiger partial charge in [0.15, 0.2) is 0 Å². The predicted octanol–water partition coefficient (Wildman–Crippen LogP) is 4.45. The molecule has 0 heterocycles. The lowest BCUT2D eigenvalue weighted by Gasteiger charge is -2.31. The molecule has 1 fully saturated rings. The lowest BCUT2D eigenvalue weighted by atomic mass is 9.96. The molecule has 0 amide bonds. The van der Waals surface area contributed by atoms with Crippen molar-refractivity contribution in [1.29, 1.82) is 0 Å². The highest BCUT2D eigenvalue weighted by Gasteiger charge is 2.31. The number of hydrogen-bond acceptors (Lipinski definition) is 2. The lowest BCUT2D eigenvalue weighted by molar-refractivity contribution is 0.285. The van der Waals surface area contributed by atoms with E-state index in [1.807, 2.05) is 13.0 Å². The quantitative estimate of drug-likeness (QED) is 0.708. The molecule has 21 heavy (non-hydrogen) atoms. The zero-order valence-electron chi connectivity index (χ0n) is 12.4. The van der Waals surface area contributed by atoms with Crippen LogP contribution in [0.1, 0.15) is 43.2 Å². The maximum Gasteiger partial charge on any atom is 0.244 e. The second-order valence-electron chi connectivity index (χ2n) is 5.67. The van der Waals surface area contributed by atoms with Crippen LogP contribution in [0.15, 0.2) is 21.5 Å². The molecule has 0 atom stereocenters. The van der Waals surface area contributed by atoms with Crippen molar-refractivity contribution in [2.24, 2.45) is 0 Å². The number of rotatable bonds is 4. The molecular formula is C15H21BrClNO2S. The summed E-state index contributed by atoms with van der Waals surface area (Å²) < 4.78 is 28.0. The molecule has 0 N–H and O–H groups in total. The molecule has 0 aromatic heterocycles. The van der Waals surface area contributed by atoms with Gasteiger partial charge in [-0.3, -0.25) is 0 Å². The van der Waals surface area contributed by atoms with Crippen molar-refractivity contribution in [1.82, 2.24) is 4.31 Å². The minimum Gasteiger partial charge on any atom is -0.207 e. The van der Waals surface area contributed by atoms with Crippen molar-refractivity contribution in [3.63, 3.8) is 0 Å². The molecule has 2 rings (SSSR count). The van der Waals surface area contributed by atoms with E-state index in [1.165, 1.54) is 6.42 Å². The molecular weight excluding hydrogens is 374 g/mol. The first-order valence-electron chi connectivity index (χ1n) is 7.21. The van der Waals surface area contributed by atoms with Gasteiger partial charge in [-0.1, -0.05) is 25.3 Å². The first-order valence-corrected chi connectivity index (χ1v) is 9.97. The summed E-state index contributed by atoms with van der Waals surface area (Å²) >= 11 is 9.30. The smallest absolute Gasteiger partial charge is 0.207 e. The van der Waals surface area contributed by atoms with E-state index in [1.54, 1.807) is 17.4 Å². The van der Waals surface area contributed by atoms with E-state index >= 15 is 0 Å². The van der Waals surface area contributed by atoms with Crippen molar-refractivity contribution in [3.8, 4) is 0 Å². The van der Waals surface area contributed by atoms with Crippen LogP contribution in [0.3, 0.4) is 0 Å². The number of hydrogen-bond donors (Lipinski definition) is 0. The summed E-state index contributed by atoms with van der Waals surface area (Å²) in [6.07, 6.45) is 5.30. The summed E-state index contributed by atoms with van der Waals surface area (Å²) in [7, 11) is -1.80. The maximum atomic E-state index is 12.9. The van der Waals surface area contributed by atoms with Gasteiger partial charge in [0.25, 0.3) is 0 Å². The van der Waals surface area contributed by atoms with Crippen molar-refractivity contribution in [2.75, 3.05) is 7.05 Å². The summed E-state index contributed by atoms with van der Waals surface area (Å²) in [5.41, 5.74) is 1.72. The minimum absolute atomic E-state index is 0.107. The number of benzene rings is 1. The van der Waals surface area contributed by atoms with Gasteiger partial charge >= 0.3 is 0 Å². The van der Waals surface area contributed by atoms with Gasteiger partial charge < -0.3 is 0 Å². The fraction of sp³-hybridized carbons (Fsp3) is 0.600. The third-order valence-corrected chi connectivity index (χ3v) is 7.74. The van der Waals surface area contributed by atoms with Crippen LogP contribution < -0.4 is 0 Å². The van der Waals surface area contributed by atoms with Crippen molar-refractivity contribution in [2.45, 2.75) is 55.8 Å². The highest BCUT2D eigenvalue weighted by atomic mass is 79.9. The van der Waals surface area contributed by atoms with Gasteiger partial charge in [-0.05, 0) is 52.9 Å². The Morgan fingerprint density at radius 1 is 1.29 bits per heavy atom. The molecule has 0 spiro atoms. The van der Waals surface area contributed by atoms with Gasteiger partial charge in [-0.2, -0.15) is 4.31 Å². The van der Waals surface area contributed by atoms with E-state index in [0.29, 0.717) is 15.2 Å². The molecule has 1 aromatic carbocycles. The first kappa shape index (κ1) is 17.3. The molecule has 3 nitrogen and oxygen atoms in total. The molecule has 0 saturated heterocycles. The van der Waals surface area contributed by atoms with Crippen LogP contribution in [-0.4, -0.2) is 25.8 Å². The topological polar surface area (TPSA) is 37.4 Å². The standard InChI is InChI=1S/C15H21BrClNO2S/c1-11-8-12(10-17)9-14(15(11)16)21(19,20)18(2)13-6-4-3-5-7-13/h8-9,13H,3-7,10H2,1-2H3. The Morgan fingerprint density at radius 2 is 1.90 bits per heavy atom. The molecule has 1 aliphatic carbocycles. The van der Waals surface area contributed by atoms with E-state index in [9.17, 15) is 8.42 Å². The second kappa shape index (κ2) is 6.99. The van der Waals surface area contributed by atoms with Crippen LogP contribution in [0.2, 0.25) is 0 Å². The summed E-state index contributed by atoms with van der Waals surface area (Å²) in [4.78, 5) is 0.325. The summed E-state index contributed by atoms with van der Waals surface area (Å²) in [6, 6.07) is 3.70. The van der Waals surface area contributed by atoms with Crippen LogP contribution in [0.5, 0.6) is 0 Å². The number of halogens is 2. The molecule has 0 bridgehead atoms. The monoisotopic (exact) mass is 393 g/mol. The molecule has 1 aromatic rings. The largest absolute Gasteiger partial charge is 0.244 e. The Kier molecular flexibility index (Phi) is 5.74. The van der Waals surface area contributed by atoms with Crippen molar-refractivity contribution < 1.29 is 8.42 Å². The van der Waals surface area contributed by atoms with E-state index in [0.717, 1.165) is 36.8 Å². The van der Waals surface area contributed by atoms with Crippen molar-refractivity contribution >= 4 is 37.6 Å². The maximum absolute atomic E-state index is 12.9. The van der Waals surface area contributed by atoms with Gasteiger partial charge in [-0.15, -0.1) is 11.6 Å². The van der Waals surface area contributed by atoms with Crippen LogP contribution >= 0.6 is 27.5 Å². The summed E-state index contributed by atoms with van der Waals surface area (Å²) in [6.45, 7) is 1.89. The Hall–Kier alpha value is -0.100. The lowest BCUT2D eigenvalue weighted by Crippen LogP contribution is -2.38. The average Bonchev–Trinajstić information content (AvgIpc) is 2.49. The molecule has 0 aliphatic heterocycles. The highest BCUT2D eigenvalue weighted by molar-refractivity contribution is 9.10. The Bertz CT molecular complexity index is 612. The number of aryl methyl sites for hydroxylation is 1.